The van der Waals surface area contributed by atoms with E-state index in [-0.39, 0.29) is 5.78 Å². The lowest BCUT2D eigenvalue weighted by molar-refractivity contribution is -0.116. The summed E-state index contributed by atoms with van der Waals surface area (Å²) in [4.78, 5) is 17.7. The van der Waals surface area contributed by atoms with Crippen molar-refractivity contribution in [3.05, 3.63) is 17.8 Å². The van der Waals surface area contributed by atoms with Crippen molar-refractivity contribution in [2.75, 3.05) is 13.1 Å². The number of nitrogens with zero attached hydrogens (tertiary/aromatic N) is 2. The summed E-state index contributed by atoms with van der Waals surface area (Å²) in [6.45, 7) is 8.34. The number of carbonyl (C=O) groups is 1. The lowest BCUT2D eigenvalue weighted by Crippen LogP contribution is -2.28. The van der Waals surface area contributed by atoms with E-state index < -0.39 is 0 Å². The zero-order valence-electron chi connectivity index (χ0n) is 11.5. The molecule has 1 aliphatic heterocycles. The van der Waals surface area contributed by atoms with Crippen LogP contribution in [0.5, 0.6) is 0 Å². The Morgan fingerprint density at radius 3 is 3.00 bits per heavy atom. The quantitative estimate of drug-likeness (QED) is 0.802. The molecule has 1 aliphatic rings. The number of hydrogen-bond acceptors (Lipinski definition) is 4. The Labute approximate surface area is 108 Å². The summed E-state index contributed by atoms with van der Waals surface area (Å²) in [6, 6.07) is 0.618. The highest BCUT2D eigenvalue weighted by atomic mass is 16.4. The van der Waals surface area contributed by atoms with Gasteiger partial charge in [0.15, 0.2) is 5.89 Å². The lowest BCUT2D eigenvalue weighted by atomic mass is 10.1. The molecule has 2 rings (SSSR count). The van der Waals surface area contributed by atoms with Crippen LogP contribution in [0, 0.1) is 5.92 Å². The smallest absolute Gasteiger partial charge is 0.194 e. The van der Waals surface area contributed by atoms with Crippen molar-refractivity contribution in [1.82, 2.24) is 9.88 Å². The second-order valence-corrected chi connectivity index (χ2v) is 5.55. The Morgan fingerprint density at radius 1 is 1.61 bits per heavy atom. The fraction of sp³-hybridized carbons (Fsp3) is 0.714. The maximum absolute atomic E-state index is 11.0. The third-order valence-electron chi connectivity index (χ3n) is 3.54. The van der Waals surface area contributed by atoms with Gasteiger partial charge in [0, 0.05) is 19.0 Å². The van der Waals surface area contributed by atoms with Crippen LogP contribution in [-0.2, 0) is 17.6 Å². The summed E-state index contributed by atoms with van der Waals surface area (Å²) < 4.78 is 5.60. The van der Waals surface area contributed by atoms with Crippen LogP contribution in [0.4, 0.5) is 0 Å². The normalized spacial score (nSPS) is 20.8. The van der Waals surface area contributed by atoms with Gasteiger partial charge in [0.05, 0.1) is 12.6 Å². The molecule has 4 nitrogen and oxygen atoms in total. The molecule has 0 spiro atoms. The number of hydrogen-bond donors (Lipinski definition) is 0. The minimum Gasteiger partial charge on any atom is -0.445 e. The van der Waals surface area contributed by atoms with E-state index in [4.69, 9.17) is 4.42 Å². The summed E-state index contributed by atoms with van der Waals surface area (Å²) in [5.74, 6) is 2.22. The van der Waals surface area contributed by atoms with Crippen LogP contribution in [0.25, 0.3) is 0 Å². The van der Waals surface area contributed by atoms with E-state index in [1.807, 2.05) is 0 Å². The molecule has 1 unspecified atom stereocenters. The third-order valence-corrected chi connectivity index (χ3v) is 3.54. The minimum atomic E-state index is 0.115. The first-order valence-electron chi connectivity index (χ1n) is 6.71. The van der Waals surface area contributed by atoms with Crippen LogP contribution in [-0.4, -0.2) is 34.8 Å². The molecular weight excluding hydrogens is 228 g/mol. The molecular formula is C14H22N2O2. The number of likely N-dealkylation sites (tertiary alicyclic amines) is 1. The van der Waals surface area contributed by atoms with Gasteiger partial charge in [0.25, 0.3) is 0 Å². The molecule has 0 N–H and O–H groups in total. The molecule has 1 saturated heterocycles. The summed E-state index contributed by atoms with van der Waals surface area (Å²) in [6.07, 6.45) is 4.14. The highest BCUT2D eigenvalue weighted by molar-refractivity contribution is 5.77. The average Bonchev–Trinajstić information content (AvgIpc) is 2.88. The van der Waals surface area contributed by atoms with Crippen LogP contribution < -0.4 is 0 Å². The molecule has 0 saturated carbocycles. The van der Waals surface area contributed by atoms with Gasteiger partial charge < -0.3 is 9.32 Å². The van der Waals surface area contributed by atoms with Crippen LogP contribution in [0.15, 0.2) is 10.6 Å². The Bertz CT molecular complexity index is 412. The summed E-state index contributed by atoms with van der Waals surface area (Å²) in [5, 5.41) is 0. The van der Waals surface area contributed by atoms with Crippen molar-refractivity contribution in [3.63, 3.8) is 0 Å². The van der Waals surface area contributed by atoms with Gasteiger partial charge in [0.2, 0.25) is 0 Å². The molecule has 0 aromatic carbocycles. The predicted molar refractivity (Wildman–Crippen MR) is 69.4 cm³/mol. The maximum atomic E-state index is 11.0. The van der Waals surface area contributed by atoms with Gasteiger partial charge in [-0.1, -0.05) is 0 Å². The van der Waals surface area contributed by atoms with E-state index in [1.54, 1.807) is 13.1 Å². The number of ketones is 1. The lowest BCUT2D eigenvalue weighted by Gasteiger charge is -2.19. The molecule has 0 amide bonds. The zero-order valence-corrected chi connectivity index (χ0v) is 11.5. The van der Waals surface area contributed by atoms with E-state index in [1.165, 1.54) is 13.0 Å². The SMILES string of the molecule is CC(=O)Cc1cnc(CC2CCN(C(C)C)C2)o1. The monoisotopic (exact) mass is 250 g/mol. The van der Waals surface area contributed by atoms with Crippen LogP contribution in [0.2, 0.25) is 0 Å². The van der Waals surface area contributed by atoms with Crippen LogP contribution in [0.3, 0.4) is 0 Å². The molecule has 1 aromatic rings. The van der Waals surface area contributed by atoms with Gasteiger partial charge >= 0.3 is 0 Å². The molecule has 0 aliphatic carbocycles. The van der Waals surface area contributed by atoms with Crippen molar-refractivity contribution >= 4 is 5.78 Å². The van der Waals surface area contributed by atoms with Gasteiger partial charge in [-0.05, 0) is 39.7 Å². The number of carbonyl (C=O) groups excluding carboxylic acids is 1. The fourth-order valence-electron chi connectivity index (χ4n) is 2.51. The van der Waals surface area contributed by atoms with Crippen molar-refractivity contribution in [1.29, 1.82) is 0 Å². The van der Waals surface area contributed by atoms with Crippen molar-refractivity contribution in [3.8, 4) is 0 Å². The van der Waals surface area contributed by atoms with Gasteiger partial charge in [-0.25, -0.2) is 4.98 Å². The second-order valence-electron chi connectivity index (χ2n) is 5.55. The standard InChI is InChI=1S/C14H22N2O2/c1-10(2)16-5-4-12(9-16)7-14-15-8-13(18-14)6-11(3)17/h8,10,12H,4-7,9H2,1-3H3. The third kappa shape index (κ3) is 3.42. The Kier molecular flexibility index (Phi) is 4.17. The van der Waals surface area contributed by atoms with E-state index in [2.05, 4.69) is 23.7 Å². The summed E-state index contributed by atoms with van der Waals surface area (Å²) in [5.41, 5.74) is 0. The van der Waals surface area contributed by atoms with Gasteiger partial charge in [0.1, 0.15) is 11.5 Å². The number of aromatic nitrogens is 1. The number of Topliss-reactive ketones (excluding diaryl/α,β-unsaturated/α-hetero) is 1. The van der Waals surface area contributed by atoms with Crippen LogP contribution >= 0.6 is 0 Å². The molecule has 1 atom stereocenters. The Hall–Kier alpha value is -1.16. The first-order chi connectivity index (χ1) is 8.54. The maximum Gasteiger partial charge on any atom is 0.194 e. The molecule has 100 valence electrons. The van der Waals surface area contributed by atoms with Crippen molar-refractivity contribution in [2.45, 2.75) is 46.1 Å². The molecule has 18 heavy (non-hydrogen) atoms. The second kappa shape index (κ2) is 5.65. The van der Waals surface area contributed by atoms with Crippen molar-refractivity contribution < 1.29 is 9.21 Å². The molecule has 2 heterocycles. The van der Waals surface area contributed by atoms with E-state index in [0.29, 0.717) is 24.1 Å². The molecule has 1 fully saturated rings. The largest absolute Gasteiger partial charge is 0.445 e. The topological polar surface area (TPSA) is 46.3 Å². The minimum absolute atomic E-state index is 0.115. The molecule has 0 bridgehead atoms. The van der Waals surface area contributed by atoms with Gasteiger partial charge in [-0.2, -0.15) is 0 Å². The fourth-order valence-corrected chi connectivity index (χ4v) is 2.51. The molecule has 0 radical (unpaired) electrons. The molecule has 1 aromatic heterocycles. The van der Waals surface area contributed by atoms with E-state index in [0.717, 1.165) is 18.9 Å². The first kappa shape index (κ1) is 13.3. The summed E-state index contributed by atoms with van der Waals surface area (Å²) >= 11 is 0. The number of oxazole rings is 1. The Balaban J connectivity index is 1.87. The van der Waals surface area contributed by atoms with Crippen LogP contribution in [0.1, 0.15) is 38.8 Å². The van der Waals surface area contributed by atoms with Gasteiger partial charge in [-0.15, -0.1) is 0 Å². The number of rotatable bonds is 5. The average molecular weight is 250 g/mol. The van der Waals surface area contributed by atoms with E-state index >= 15 is 0 Å². The Morgan fingerprint density at radius 2 is 2.39 bits per heavy atom. The summed E-state index contributed by atoms with van der Waals surface area (Å²) in [7, 11) is 0. The first-order valence-corrected chi connectivity index (χ1v) is 6.71. The predicted octanol–water partition coefficient (Wildman–Crippen LogP) is 2.08. The van der Waals surface area contributed by atoms with E-state index in [9.17, 15) is 4.79 Å². The highest BCUT2D eigenvalue weighted by Gasteiger charge is 2.25. The zero-order chi connectivity index (χ0) is 13.1. The highest BCUT2D eigenvalue weighted by Crippen LogP contribution is 2.22. The molecule has 4 heteroatoms. The van der Waals surface area contributed by atoms with Crippen molar-refractivity contribution in [2.24, 2.45) is 5.92 Å². The van der Waals surface area contributed by atoms with Gasteiger partial charge in [-0.3, -0.25) is 4.79 Å².